The molecule has 96 valence electrons. The molecule has 0 aliphatic carbocycles. The summed E-state index contributed by atoms with van der Waals surface area (Å²) in [6.45, 7) is 0.907. The number of fused-ring (bicyclic) bond motifs is 1. The Morgan fingerprint density at radius 1 is 1.00 bits per heavy atom. The van der Waals surface area contributed by atoms with Crippen molar-refractivity contribution < 1.29 is 0 Å². The number of benzene rings is 2. The molecule has 1 unspecified atom stereocenters. The van der Waals surface area contributed by atoms with Crippen LogP contribution < -0.4 is 0 Å². The molecular weight excluding hydrogens is 250 g/mol. The van der Waals surface area contributed by atoms with Gasteiger partial charge in [-0.05, 0) is 23.8 Å². The highest BCUT2D eigenvalue weighted by Crippen LogP contribution is 2.34. The van der Waals surface area contributed by atoms with Crippen LogP contribution in [0.3, 0.4) is 0 Å². The molecule has 0 amide bonds. The first-order chi connectivity index (χ1) is 9.40. The van der Waals surface area contributed by atoms with Crippen LogP contribution in [0.2, 0.25) is 0 Å². The molecule has 1 heterocycles. The van der Waals surface area contributed by atoms with Crippen molar-refractivity contribution in [2.45, 2.75) is 12.3 Å². The van der Waals surface area contributed by atoms with Crippen LogP contribution >= 0.6 is 11.8 Å². The maximum Gasteiger partial charge on any atom is 0.0977 e. The maximum absolute atomic E-state index is 4.74. The van der Waals surface area contributed by atoms with E-state index in [4.69, 9.17) is 4.99 Å². The van der Waals surface area contributed by atoms with E-state index >= 15 is 0 Å². The van der Waals surface area contributed by atoms with Crippen molar-refractivity contribution in [1.82, 2.24) is 0 Å². The van der Waals surface area contributed by atoms with Crippen LogP contribution in [-0.2, 0) is 0 Å². The number of hydrogen-bond acceptors (Lipinski definition) is 2. The van der Waals surface area contributed by atoms with Crippen molar-refractivity contribution in [3.8, 4) is 0 Å². The van der Waals surface area contributed by atoms with Crippen molar-refractivity contribution in [2.75, 3.05) is 12.8 Å². The molecule has 0 fully saturated rings. The van der Waals surface area contributed by atoms with Crippen molar-refractivity contribution in [3.05, 3.63) is 71.3 Å². The minimum atomic E-state index is 0.464. The van der Waals surface area contributed by atoms with E-state index in [9.17, 15) is 0 Å². The highest BCUT2D eigenvalue weighted by atomic mass is 32.2. The number of aliphatic imine (C=N–C) groups is 1. The summed E-state index contributed by atoms with van der Waals surface area (Å²) in [5.41, 5.74) is 4.12. The molecule has 19 heavy (non-hydrogen) atoms. The first kappa shape index (κ1) is 12.5. The lowest BCUT2D eigenvalue weighted by molar-refractivity contribution is 0.735. The SMILES string of the molecule is CSC1=NCCC(c2ccccc2)c2ccccc21. The number of rotatable bonds is 1. The largest absolute Gasteiger partial charge is 0.278 e. The quantitative estimate of drug-likeness (QED) is 0.749. The minimum Gasteiger partial charge on any atom is -0.278 e. The molecule has 0 radical (unpaired) electrons. The first-order valence-electron chi connectivity index (χ1n) is 6.63. The third-order valence-corrected chi connectivity index (χ3v) is 4.37. The van der Waals surface area contributed by atoms with Gasteiger partial charge in [0.25, 0.3) is 0 Å². The summed E-state index contributed by atoms with van der Waals surface area (Å²) >= 11 is 1.75. The smallest absolute Gasteiger partial charge is 0.0977 e. The Balaban J connectivity index is 2.10. The molecule has 0 saturated heterocycles. The van der Waals surface area contributed by atoms with Gasteiger partial charge in [0.15, 0.2) is 0 Å². The Morgan fingerprint density at radius 2 is 1.74 bits per heavy atom. The van der Waals surface area contributed by atoms with E-state index in [-0.39, 0.29) is 0 Å². The van der Waals surface area contributed by atoms with E-state index in [0.29, 0.717) is 5.92 Å². The molecule has 1 nitrogen and oxygen atoms in total. The molecule has 1 aliphatic rings. The van der Waals surface area contributed by atoms with Crippen molar-refractivity contribution in [1.29, 1.82) is 0 Å². The molecule has 1 aliphatic heterocycles. The van der Waals surface area contributed by atoms with Gasteiger partial charge in [-0.3, -0.25) is 4.99 Å². The minimum absolute atomic E-state index is 0.464. The lowest BCUT2D eigenvalue weighted by atomic mass is 9.86. The topological polar surface area (TPSA) is 12.4 Å². The summed E-state index contributed by atoms with van der Waals surface area (Å²) in [5.74, 6) is 0.464. The van der Waals surface area contributed by atoms with E-state index in [1.807, 2.05) is 0 Å². The zero-order chi connectivity index (χ0) is 13.1. The number of thioether (sulfide) groups is 1. The van der Waals surface area contributed by atoms with Crippen LogP contribution in [0, 0.1) is 0 Å². The number of hydrogen-bond donors (Lipinski definition) is 0. The van der Waals surface area contributed by atoms with Crippen molar-refractivity contribution in [3.63, 3.8) is 0 Å². The normalized spacial score (nSPS) is 18.4. The van der Waals surface area contributed by atoms with Crippen molar-refractivity contribution >= 4 is 16.8 Å². The van der Waals surface area contributed by atoms with Gasteiger partial charge in [0.05, 0.1) is 5.04 Å². The first-order valence-corrected chi connectivity index (χ1v) is 7.85. The Bertz CT molecular complexity index is 589. The van der Waals surface area contributed by atoms with Crippen LogP contribution in [0.5, 0.6) is 0 Å². The third-order valence-electron chi connectivity index (χ3n) is 3.64. The molecule has 2 heteroatoms. The summed E-state index contributed by atoms with van der Waals surface area (Å²) in [5, 5.41) is 1.18. The zero-order valence-corrected chi connectivity index (χ0v) is 11.9. The summed E-state index contributed by atoms with van der Waals surface area (Å²) in [6, 6.07) is 19.5. The lowest BCUT2D eigenvalue weighted by Crippen LogP contribution is -2.05. The van der Waals surface area contributed by atoms with Gasteiger partial charge in [-0.2, -0.15) is 0 Å². The monoisotopic (exact) mass is 267 g/mol. The van der Waals surface area contributed by atoms with Gasteiger partial charge in [-0.1, -0.05) is 54.6 Å². The second-order valence-corrected chi connectivity index (χ2v) is 5.53. The lowest BCUT2D eigenvalue weighted by Gasteiger charge is -2.18. The van der Waals surface area contributed by atoms with Crippen LogP contribution in [0.15, 0.2) is 59.6 Å². The summed E-state index contributed by atoms with van der Waals surface area (Å²) in [7, 11) is 0. The second-order valence-electron chi connectivity index (χ2n) is 4.73. The van der Waals surface area contributed by atoms with E-state index in [2.05, 4.69) is 60.9 Å². The molecule has 1 atom stereocenters. The fourth-order valence-corrected chi connectivity index (χ4v) is 3.36. The Morgan fingerprint density at radius 3 is 2.53 bits per heavy atom. The molecule has 0 N–H and O–H groups in total. The predicted octanol–water partition coefficient (Wildman–Crippen LogP) is 4.33. The Hall–Kier alpha value is -1.54. The van der Waals surface area contributed by atoms with Crippen LogP contribution in [0.4, 0.5) is 0 Å². The average Bonchev–Trinajstić information content (AvgIpc) is 2.67. The highest BCUT2D eigenvalue weighted by molar-refractivity contribution is 8.13. The molecule has 3 rings (SSSR count). The predicted molar refractivity (Wildman–Crippen MR) is 84.3 cm³/mol. The van der Waals surface area contributed by atoms with E-state index in [0.717, 1.165) is 13.0 Å². The van der Waals surface area contributed by atoms with Gasteiger partial charge >= 0.3 is 0 Å². The Labute approximate surface area is 118 Å². The van der Waals surface area contributed by atoms with Crippen LogP contribution in [0.1, 0.15) is 29.0 Å². The van der Waals surface area contributed by atoms with Gasteiger partial charge in [0.1, 0.15) is 0 Å². The molecule has 2 aromatic carbocycles. The average molecular weight is 267 g/mol. The van der Waals surface area contributed by atoms with Gasteiger partial charge in [0.2, 0.25) is 0 Å². The molecule has 0 saturated carbocycles. The maximum atomic E-state index is 4.74. The van der Waals surface area contributed by atoms with Gasteiger partial charge in [-0.15, -0.1) is 11.8 Å². The van der Waals surface area contributed by atoms with Gasteiger partial charge < -0.3 is 0 Å². The summed E-state index contributed by atoms with van der Waals surface area (Å²) < 4.78 is 0. The van der Waals surface area contributed by atoms with Crippen LogP contribution in [-0.4, -0.2) is 17.8 Å². The molecular formula is C17H17NS. The summed E-state index contributed by atoms with van der Waals surface area (Å²) in [4.78, 5) is 4.74. The van der Waals surface area contributed by atoms with Crippen LogP contribution in [0.25, 0.3) is 0 Å². The fourth-order valence-electron chi connectivity index (χ4n) is 2.74. The van der Waals surface area contributed by atoms with E-state index in [1.165, 1.54) is 21.7 Å². The van der Waals surface area contributed by atoms with Gasteiger partial charge in [-0.25, -0.2) is 0 Å². The molecule has 0 bridgehead atoms. The van der Waals surface area contributed by atoms with E-state index < -0.39 is 0 Å². The number of nitrogens with zero attached hydrogens (tertiary/aromatic N) is 1. The zero-order valence-electron chi connectivity index (χ0n) is 11.0. The second kappa shape index (κ2) is 5.62. The molecule has 0 spiro atoms. The van der Waals surface area contributed by atoms with E-state index in [1.54, 1.807) is 11.8 Å². The standard InChI is InChI=1S/C17H17NS/c1-19-17-16-10-6-5-9-15(16)14(11-12-18-17)13-7-3-2-4-8-13/h2-10,14H,11-12H2,1H3. The van der Waals surface area contributed by atoms with Gasteiger partial charge in [0, 0.05) is 18.0 Å². The third kappa shape index (κ3) is 2.45. The Kier molecular flexibility index (Phi) is 3.69. The molecule has 0 aromatic heterocycles. The van der Waals surface area contributed by atoms with Crippen molar-refractivity contribution in [2.24, 2.45) is 4.99 Å². The fraction of sp³-hybridized carbons (Fsp3) is 0.235. The summed E-state index contributed by atoms with van der Waals surface area (Å²) in [6.07, 6.45) is 3.20. The highest BCUT2D eigenvalue weighted by Gasteiger charge is 2.21. The molecule has 2 aromatic rings.